The summed E-state index contributed by atoms with van der Waals surface area (Å²) in [7, 11) is 6.05. The molecule has 0 radical (unpaired) electrons. The first-order chi connectivity index (χ1) is 46.8. The van der Waals surface area contributed by atoms with Gasteiger partial charge in [-0.1, -0.05) is 56.3 Å². The van der Waals surface area contributed by atoms with Crippen LogP contribution in [0.3, 0.4) is 0 Å². The maximum atomic E-state index is 13.7. The van der Waals surface area contributed by atoms with Gasteiger partial charge in [0.15, 0.2) is 37.7 Å². The average Bonchev–Trinajstić information content (AvgIpc) is 1.60. The summed E-state index contributed by atoms with van der Waals surface area (Å²) in [5.41, 5.74) is -9.78. The van der Waals surface area contributed by atoms with Gasteiger partial charge >= 0.3 is 5.97 Å². The van der Waals surface area contributed by atoms with Crippen LogP contribution in [0.2, 0.25) is 0 Å². The summed E-state index contributed by atoms with van der Waals surface area (Å²) in [4.78, 5) is 13.7. The van der Waals surface area contributed by atoms with Crippen LogP contribution in [0.5, 0.6) is 0 Å². The molecule has 99 heavy (non-hydrogen) atoms. The number of aliphatic hydroxyl groups excluding tert-OH is 7. The first-order valence-corrected chi connectivity index (χ1v) is 35.0. The van der Waals surface area contributed by atoms with Crippen molar-refractivity contribution in [1.82, 2.24) is 0 Å². The van der Waals surface area contributed by atoms with Gasteiger partial charge in [-0.2, -0.15) is 0 Å². The quantitative estimate of drug-likeness (QED) is 0.0458. The van der Waals surface area contributed by atoms with E-state index in [0.29, 0.717) is 12.8 Å². The molecule has 4 aliphatic carbocycles. The van der Waals surface area contributed by atoms with E-state index in [2.05, 4.69) is 0 Å². The SMILES string of the molecule is CO[C@H]1[C@@H](O)[C@H](O[C@H]2[C@H](O)C[C@H](O[C@@H]3[C@@H](C)O[C@@H](O[C@H]4[C@@H](OC)C[C@H](O[C@H]5[C@@H](OC)C[C@H](O[C@H]6CC[C@]7(C)[C@H]8C[C@@H](OC(=O)C=Cc9ccccc9)[C@@]9(C)[C@](O)(CC[C@@]9(O)[C@H](C)O)[C@]8(O)C=C[C@@]7(O)C6)O[C@@H]5C)O[C@@H]4C)C[C@H]3OC)O[C@@H]2C)O[C@H](C)[C@H]1O[C@@H]1O[C@H](CO)[C@@H](O)[C@H](O)[C@H]1O. The lowest BCUT2D eigenvalue weighted by Crippen LogP contribution is -2.80. The fourth-order valence-electron chi connectivity index (χ4n) is 18.2. The highest BCUT2D eigenvalue weighted by atomic mass is 16.8. The number of hydrogen-bond acceptors (Lipinski definition) is 29. The Morgan fingerprint density at radius 1 is 0.576 bits per heavy atom. The van der Waals surface area contributed by atoms with Crippen LogP contribution in [0, 0.1) is 16.7 Å². The van der Waals surface area contributed by atoms with Gasteiger partial charge in [0.2, 0.25) is 0 Å². The van der Waals surface area contributed by atoms with Gasteiger partial charge in [0, 0.05) is 78.0 Å². The van der Waals surface area contributed by atoms with Crippen LogP contribution in [0.1, 0.15) is 125 Å². The second-order valence-electron chi connectivity index (χ2n) is 29.6. The van der Waals surface area contributed by atoms with Crippen molar-refractivity contribution in [3.05, 3.63) is 54.1 Å². The Bertz CT molecular complexity index is 2880. The molecule has 29 nitrogen and oxygen atoms in total. The Kier molecular flexibility index (Phi) is 23.8. The van der Waals surface area contributed by atoms with E-state index in [1.165, 1.54) is 26.2 Å². The Labute approximate surface area is 577 Å². The molecule has 1 aromatic carbocycles. The van der Waals surface area contributed by atoms with Crippen molar-refractivity contribution in [3.63, 3.8) is 0 Å². The summed E-state index contributed by atoms with van der Waals surface area (Å²) in [6.45, 7) is 13.0. The largest absolute Gasteiger partial charge is 0.458 e. The van der Waals surface area contributed by atoms with Crippen LogP contribution in [-0.2, 0) is 85.3 Å². The molecule has 562 valence electrons. The highest BCUT2D eigenvalue weighted by Gasteiger charge is 2.82. The molecule has 36 atom stereocenters. The second-order valence-corrected chi connectivity index (χ2v) is 29.6. The van der Waals surface area contributed by atoms with Crippen LogP contribution in [-0.4, -0.2) is 298 Å². The van der Waals surface area contributed by atoms with Crippen LogP contribution in [0.15, 0.2) is 48.6 Å². The molecule has 6 aliphatic heterocycles. The van der Waals surface area contributed by atoms with E-state index in [0.717, 1.165) is 5.56 Å². The summed E-state index contributed by atoms with van der Waals surface area (Å²) in [6.07, 6.45) is -21.1. The molecule has 6 saturated heterocycles. The molecule has 1 aromatic rings. The number of esters is 1. The van der Waals surface area contributed by atoms with E-state index in [-0.39, 0.29) is 51.4 Å². The van der Waals surface area contributed by atoms with E-state index in [1.54, 1.807) is 54.3 Å². The molecule has 0 bridgehead atoms. The summed E-state index contributed by atoms with van der Waals surface area (Å²) in [6, 6.07) is 9.18. The van der Waals surface area contributed by atoms with E-state index >= 15 is 0 Å². The van der Waals surface area contributed by atoms with Crippen molar-refractivity contribution in [2.45, 2.75) is 320 Å². The molecule has 0 unspecified atom stereocenters. The molecule has 0 amide bonds. The maximum Gasteiger partial charge on any atom is 0.331 e. The minimum atomic E-state index is -2.11. The number of carbonyl (C=O) groups is 1. The predicted molar refractivity (Wildman–Crippen MR) is 342 cm³/mol. The Balaban J connectivity index is 0.660. The second kappa shape index (κ2) is 30.5. The summed E-state index contributed by atoms with van der Waals surface area (Å²) in [5, 5.41) is 126. The first kappa shape index (κ1) is 77.2. The standard InChI is InChI=1S/C70H108O29/c1-33-57(98-64-56(78)62(86-12)61(37(5)91-64)99-63-55(77)54(76)53(75)45(32-71)93-63)41(73)26-49(87-33)95-58-35(3)89-51(28-43(58)84-10)97-60-36(4)90-52(29-44(60)85-11)96-59-34(2)88-50(27-42(59)83-9)92-40-20-21-65(7)46-30-47(94-48(74)19-18-39-16-14-13-15-17-39)66(8)68(80,38(6)72)24-25-70(66,82)69(46,81)23-22-67(65,79)31-40/h13-19,22-23,33-38,40-47,49-64,71-73,75-82H,20-21,24-32H2,1-12H3/t33-,34-,35-,36-,37-,38+,40+,41-,42+,43-,44+,45-,46-,47-,49+,50+,51+,52+,53-,54+,55-,56-,57-,58-,59-,60-,61-,62+,63+,64+,65-,66-,67-,68-,69+,70-/m1/s1. The third-order valence-corrected chi connectivity index (χ3v) is 24.1. The van der Waals surface area contributed by atoms with Gasteiger partial charge in [0.05, 0.1) is 84.8 Å². The van der Waals surface area contributed by atoms with Crippen molar-refractivity contribution < 1.29 is 141 Å². The first-order valence-electron chi connectivity index (χ1n) is 35.0. The van der Waals surface area contributed by atoms with Gasteiger partial charge in [-0.05, 0) is 85.3 Å². The van der Waals surface area contributed by atoms with Crippen molar-refractivity contribution in [3.8, 4) is 0 Å². The van der Waals surface area contributed by atoms with E-state index < -0.39 is 230 Å². The van der Waals surface area contributed by atoms with Gasteiger partial charge in [-0.25, -0.2) is 4.79 Å². The number of methoxy groups -OCH3 is 4. The van der Waals surface area contributed by atoms with Crippen molar-refractivity contribution in [2.24, 2.45) is 16.7 Å². The number of ether oxygens (including phenoxy) is 17. The third kappa shape index (κ3) is 14.2. The Morgan fingerprint density at radius 3 is 1.62 bits per heavy atom. The topological polar surface area (TPSA) is 397 Å². The minimum absolute atomic E-state index is 0.0443. The van der Waals surface area contributed by atoms with Crippen molar-refractivity contribution in [2.75, 3.05) is 35.0 Å². The van der Waals surface area contributed by atoms with Gasteiger partial charge < -0.3 is 137 Å². The Hall–Kier alpha value is -2.91. The van der Waals surface area contributed by atoms with Gasteiger partial charge in [0.25, 0.3) is 0 Å². The van der Waals surface area contributed by atoms with E-state index in [4.69, 9.17) is 80.5 Å². The molecular formula is C70H108O29. The molecule has 0 aromatic heterocycles. The van der Waals surface area contributed by atoms with Crippen molar-refractivity contribution >= 4 is 12.0 Å². The summed E-state index contributed by atoms with van der Waals surface area (Å²) in [5.74, 6) is -1.61. The van der Waals surface area contributed by atoms with Crippen molar-refractivity contribution in [1.29, 1.82) is 0 Å². The molecule has 6 heterocycles. The van der Waals surface area contributed by atoms with Crippen LogP contribution < -0.4 is 0 Å². The monoisotopic (exact) mass is 1410 g/mol. The number of fused-ring (bicyclic) bond motifs is 5. The fraction of sp³-hybridized carbons (Fsp3) is 0.843. The average molecular weight is 1410 g/mol. The molecule has 29 heteroatoms. The third-order valence-electron chi connectivity index (χ3n) is 24.1. The zero-order chi connectivity index (χ0) is 71.6. The zero-order valence-electron chi connectivity index (χ0n) is 58.6. The van der Waals surface area contributed by atoms with Crippen LogP contribution in [0.25, 0.3) is 6.08 Å². The highest BCUT2D eigenvalue weighted by Crippen LogP contribution is 2.71. The van der Waals surface area contributed by atoms with Gasteiger partial charge in [0.1, 0.15) is 90.1 Å². The van der Waals surface area contributed by atoms with E-state index in [1.807, 2.05) is 58.0 Å². The Morgan fingerprint density at radius 2 is 1.09 bits per heavy atom. The number of rotatable bonds is 21. The summed E-state index contributed by atoms with van der Waals surface area (Å²) < 4.78 is 106. The number of hydrogen-bond donors (Lipinski definition) is 11. The zero-order valence-corrected chi connectivity index (χ0v) is 58.6. The minimum Gasteiger partial charge on any atom is -0.458 e. The molecule has 9 fully saturated rings. The lowest BCUT2D eigenvalue weighted by atomic mass is 9.41. The van der Waals surface area contributed by atoms with Crippen LogP contribution in [0.4, 0.5) is 0 Å². The maximum absolute atomic E-state index is 13.7. The number of aliphatic hydroxyl groups is 11. The summed E-state index contributed by atoms with van der Waals surface area (Å²) >= 11 is 0. The van der Waals surface area contributed by atoms with Gasteiger partial charge in [-0.15, -0.1) is 0 Å². The van der Waals surface area contributed by atoms with Crippen LogP contribution >= 0.6 is 0 Å². The normalized spacial score (nSPS) is 51.2. The molecular weight excluding hydrogens is 1300 g/mol. The lowest BCUT2D eigenvalue weighted by Gasteiger charge is -2.68. The predicted octanol–water partition coefficient (Wildman–Crippen LogP) is 0.674. The lowest BCUT2D eigenvalue weighted by molar-refractivity contribution is -0.373. The number of carbonyl (C=O) groups excluding carboxylic acids is 1. The molecule has 10 aliphatic rings. The fourth-order valence-corrected chi connectivity index (χ4v) is 18.2. The smallest absolute Gasteiger partial charge is 0.331 e. The highest BCUT2D eigenvalue weighted by molar-refractivity contribution is 5.87. The van der Waals surface area contributed by atoms with Gasteiger partial charge in [-0.3, -0.25) is 0 Å². The van der Waals surface area contributed by atoms with E-state index in [9.17, 15) is 61.0 Å². The molecule has 11 rings (SSSR count). The molecule has 0 spiro atoms. The molecule has 3 saturated carbocycles. The number of benzene rings is 1. The molecule has 11 N–H and O–H groups in total.